The lowest BCUT2D eigenvalue weighted by Crippen LogP contribution is -2.34. The molecule has 108 valence electrons. The van der Waals surface area contributed by atoms with E-state index >= 15 is 0 Å². The van der Waals surface area contributed by atoms with Crippen molar-refractivity contribution in [3.05, 3.63) is 38.9 Å². The van der Waals surface area contributed by atoms with Gasteiger partial charge in [-0.25, -0.2) is 0 Å². The quantitative estimate of drug-likeness (QED) is 0.273. The summed E-state index contributed by atoms with van der Waals surface area (Å²) < 4.78 is 4.85. The van der Waals surface area contributed by atoms with Crippen LogP contribution in [0.5, 0.6) is 0 Å². The van der Waals surface area contributed by atoms with E-state index in [0.717, 1.165) is 0 Å². The van der Waals surface area contributed by atoms with Crippen molar-refractivity contribution in [2.75, 3.05) is 20.3 Å². The summed E-state index contributed by atoms with van der Waals surface area (Å²) in [6.45, 7) is 1.08. The first kappa shape index (κ1) is 16.3. The van der Waals surface area contributed by atoms with E-state index in [0.29, 0.717) is 23.8 Å². The van der Waals surface area contributed by atoms with Crippen molar-refractivity contribution in [1.29, 1.82) is 0 Å². The number of ether oxygens (including phenoxy) is 1. The molecule has 1 rings (SSSR count). The van der Waals surface area contributed by atoms with Crippen LogP contribution >= 0.6 is 23.8 Å². The van der Waals surface area contributed by atoms with Crippen molar-refractivity contribution in [3.8, 4) is 0 Å². The summed E-state index contributed by atoms with van der Waals surface area (Å²) >= 11 is 10.7. The van der Waals surface area contributed by atoms with E-state index in [1.54, 1.807) is 13.2 Å². The maximum absolute atomic E-state index is 10.7. The van der Waals surface area contributed by atoms with Crippen molar-refractivity contribution in [2.24, 2.45) is 5.10 Å². The molecule has 0 saturated carbocycles. The number of halogens is 1. The van der Waals surface area contributed by atoms with Crippen LogP contribution in [0.3, 0.4) is 0 Å². The Hall–Kier alpha value is -1.77. The van der Waals surface area contributed by atoms with Crippen LogP contribution in [0.2, 0.25) is 5.02 Å². The molecule has 0 aliphatic carbocycles. The van der Waals surface area contributed by atoms with Crippen LogP contribution in [0, 0.1) is 10.1 Å². The number of hydrogen-bond donors (Lipinski definition) is 2. The van der Waals surface area contributed by atoms with Gasteiger partial charge in [0.05, 0.1) is 17.7 Å². The number of benzene rings is 1. The van der Waals surface area contributed by atoms with Crippen LogP contribution in [-0.2, 0) is 4.74 Å². The molecule has 0 bridgehead atoms. The van der Waals surface area contributed by atoms with Gasteiger partial charge >= 0.3 is 0 Å². The van der Waals surface area contributed by atoms with Gasteiger partial charge in [0.1, 0.15) is 5.02 Å². The molecule has 2 N–H and O–H groups in total. The van der Waals surface area contributed by atoms with Gasteiger partial charge in [0.15, 0.2) is 5.11 Å². The summed E-state index contributed by atoms with van der Waals surface area (Å²) in [5.41, 5.74) is 2.95. The Labute approximate surface area is 126 Å². The maximum atomic E-state index is 10.7. The van der Waals surface area contributed by atoms with Gasteiger partial charge in [0, 0.05) is 25.3 Å². The van der Waals surface area contributed by atoms with Crippen LogP contribution in [0.4, 0.5) is 5.69 Å². The molecule has 1 aromatic rings. The fraction of sp³-hybridized carbons (Fsp3) is 0.273. The molecule has 0 amide bonds. The lowest BCUT2D eigenvalue weighted by molar-refractivity contribution is -0.384. The van der Waals surface area contributed by atoms with E-state index in [9.17, 15) is 10.1 Å². The van der Waals surface area contributed by atoms with Crippen LogP contribution in [0.25, 0.3) is 0 Å². The highest BCUT2D eigenvalue weighted by molar-refractivity contribution is 7.80. The molecule has 0 fully saturated rings. The lowest BCUT2D eigenvalue weighted by Gasteiger charge is -2.05. The number of nitro benzene ring substituents is 1. The molecule has 0 aromatic heterocycles. The molecule has 0 aliphatic rings. The average molecular weight is 317 g/mol. The third-order valence-electron chi connectivity index (χ3n) is 2.14. The summed E-state index contributed by atoms with van der Waals surface area (Å²) in [6.07, 6.45) is 1.41. The van der Waals surface area contributed by atoms with Gasteiger partial charge in [-0.1, -0.05) is 17.7 Å². The van der Waals surface area contributed by atoms with Crippen molar-refractivity contribution in [2.45, 2.75) is 0 Å². The number of hydrazone groups is 1. The van der Waals surface area contributed by atoms with E-state index in [2.05, 4.69) is 15.8 Å². The number of rotatable bonds is 6. The van der Waals surface area contributed by atoms with Crippen molar-refractivity contribution < 1.29 is 9.66 Å². The minimum absolute atomic E-state index is 0.0804. The first-order valence-corrected chi connectivity index (χ1v) is 6.33. The standard InChI is InChI=1S/C11H13ClN4O3S/c1-19-5-4-13-11(20)15-14-7-8-2-3-9(12)10(6-8)16(17)18/h2-3,6-7H,4-5H2,1H3,(H2,13,15,20). The summed E-state index contributed by atoms with van der Waals surface area (Å²) in [7, 11) is 1.59. The number of nitrogens with one attached hydrogen (secondary N) is 2. The van der Waals surface area contributed by atoms with Gasteiger partial charge in [-0.15, -0.1) is 0 Å². The van der Waals surface area contributed by atoms with Crippen LogP contribution < -0.4 is 10.7 Å². The minimum atomic E-state index is -0.552. The fourth-order valence-electron chi connectivity index (χ4n) is 1.22. The van der Waals surface area contributed by atoms with Crippen LogP contribution in [-0.4, -0.2) is 36.5 Å². The minimum Gasteiger partial charge on any atom is -0.383 e. The molecule has 0 aliphatic heterocycles. The second kappa shape index (κ2) is 8.41. The Morgan fingerprint density at radius 1 is 1.65 bits per heavy atom. The Morgan fingerprint density at radius 3 is 3.05 bits per heavy atom. The first-order chi connectivity index (χ1) is 9.54. The van der Waals surface area contributed by atoms with Crippen molar-refractivity contribution in [1.82, 2.24) is 10.7 Å². The van der Waals surface area contributed by atoms with Crippen molar-refractivity contribution in [3.63, 3.8) is 0 Å². The van der Waals surface area contributed by atoms with E-state index < -0.39 is 4.92 Å². The molecule has 0 unspecified atom stereocenters. The average Bonchev–Trinajstić information content (AvgIpc) is 2.40. The third kappa shape index (κ3) is 5.47. The lowest BCUT2D eigenvalue weighted by atomic mass is 10.2. The van der Waals surface area contributed by atoms with Gasteiger partial charge in [-0.3, -0.25) is 15.5 Å². The SMILES string of the molecule is COCCNC(=S)NN=Cc1ccc(Cl)c([N+](=O)[O-])c1. The molecule has 0 spiro atoms. The fourth-order valence-corrected chi connectivity index (χ4v) is 1.56. The van der Waals surface area contributed by atoms with Gasteiger partial charge in [-0.2, -0.15) is 5.10 Å². The topological polar surface area (TPSA) is 88.8 Å². The second-order valence-electron chi connectivity index (χ2n) is 3.59. The zero-order valence-corrected chi connectivity index (χ0v) is 12.2. The van der Waals surface area contributed by atoms with Gasteiger partial charge in [0.2, 0.25) is 0 Å². The Balaban J connectivity index is 2.56. The maximum Gasteiger partial charge on any atom is 0.288 e. The molecular formula is C11H13ClN4O3S. The highest BCUT2D eigenvalue weighted by Gasteiger charge is 2.11. The number of nitro groups is 1. The Morgan fingerprint density at radius 2 is 2.40 bits per heavy atom. The van der Waals surface area contributed by atoms with E-state index in [1.165, 1.54) is 18.3 Å². The van der Waals surface area contributed by atoms with E-state index in [4.69, 9.17) is 28.6 Å². The molecular weight excluding hydrogens is 304 g/mol. The highest BCUT2D eigenvalue weighted by Crippen LogP contribution is 2.24. The molecule has 0 atom stereocenters. The molecule has 0 radical (unpaired) electrons. The van der Waals surface area contributed by atoms with E-state index in [-0.39, 0.29) is 10.7 Å². The number of thiocarbonyl (C=S) groups is 1. The predicted octanol–water partition coefficient (Wildman–Crippen LogP) is 1.69. The normalized spacial score (nSPS) is 10.5. The monoisotopic (exact) mass is 316 g/mol. The smallest absolute Gasteiger partial charge is 0.288 e. The molecule has 0 saturated heterocycles. The summed E-state index contributed by atoms with van der Waals surface area (Å²) in [4.78, 5) is 10.2. The van der Waals surface area contributed by atoms with Crippen molar-refractivity contribution >= 4 is 40.8 Å². The highest BCUT2D eigenvalue weighted by atomic mass is 35.5. The number of nitrogens with zero attached hydrogens (tertiary/aromatic N) is 2. The molecule has 1 aromatic carbocycles. The van der Waals surface area contributed by atoms with Crippen LogP contribution in [0.15, 0.2) is 23.3 Å². The zero-order chi connectivity index (χ0) is 15.0. The predicted molar refractivity (Wildman–Crippen MR) is 81.3 cm³/mol. The molecule has 20 heavy (non-hydrogen) atoms. The summed E-state index contributed by atoms with van der Waals surface area (Å²) in [5.74, 6) is 0. The van der Waals surface area contributed by atoms with Gasteiger partial charge in [-0.05, 0) is 18.3 Å². The Bertz CT molecular complexity index is 524. The number of hydrogen-bond acceptors (Lipinski definition) is 5. The Kier molecular flexibility index (Phi) is 6.85. The van der Waals surface area contributed by atoms with E-state index in [1.807, 2.05) is 0 Å². The second-order valence-corrected chi connectivity index (χ2v) is 4.40. The molecule has 0 heterocycles. The number of methoxy groups -OCH3 is 1. The molecule has 7 nitrogen and oxygen atoms in total. The summed E-state index contributed by atoms with van der Waals surface area (Å²) in [6, 6.07) is 4.38. The molecule has 9 heteroatoms. The van der Waals surface area contributed by atoms with Gasteiger partial charge in [0.25, 0.3) is 5.69 Å². The van der Waals surface area contributed by atoms with Crippen LogP contribution in [0.1, 0.15) is 5.56 Å². The van der Waals surface area contributed by atoms with Gasteiger partial charge < -0.3 is 10.1 Å². The first-order valence-electron chi connectivity index (χ1n) is 5.54. The largest absolute Gasteiger partial charge is 0.383 e. The summed E-state index contributed by atoms with van der Waals surface area (Å²) in [5, 5.41) is 17.9. The third-order valence-corrected chi connectivity index (χ3v) is 2.69. The zero-order valence-electron chi connectivity index (χ0n) is 10.6.